The van der Waals surface area contributed by atoms with Gasteiger partial charge in [-0.1, -0.05) is 12.8 Å². The van der Waals surface area contributed by atoms with E-state index in [1.165, 1.54) is 11.3 Å². The van der Waals surface area contributed by atoms with Gasteiger partial charge in [-0.3, -0.25) is 4.79 Å². The lowest BCUT2D eigenvalue weighted by Crippen LogP contribution is -2.40. The molecule has 0 saturated heterocycles. The molecule has 1 aliphatic carbocycles. The van der Waals surface area contributed by atoms with Crippen LogP contribution < -0.4 is 5.32 Å². The van der Waals surface area contributed by atoms with Gasteiger partial charge in [0.1, 0.15) is 5.41 Å². The van der Waals surface area contributed by atoms with Crippen LogP contribution in [0.3, 0.4) is 0 Å². The molecular weight excluding hydrogens is 248 g/mol. The molecule has 0 radical (unpaired) electrons. The lowest BCUT2D eigenvalue weighted by atomic mass is 9.87. The van der Waals surface area contributed by atoms with Gasteiger partial charge in [0.2, 0.25) is 5.91 Å². The van der Waals surface area contributed by atoms with Crippen LogP contribution in [0.5, 0.6) is 0 Å². The van der Waals surface area contributed by atoms with E-state index in [9.17, 15) is 9.90 Å². The van der Waals surface area contributed by atoms with E-state index >= 15 is 0 Å². The molecule has 1 aromatic rings. The summed E-state index contributed by atoms with van der Waals surface area (Å²) in [5, 5.41) is 25.5. The van der Waals surface area contributed by atoms with Crippen molar-refractivity contribution in [2.75, 3.05) is 6.54 Å². The van der Waals surface area contributed by atoms with Crippen LogP contribution in [0.1, 0.15) is 37.4 Å². The maximum atomic E-state index is 12.0. The fraction of sp³-hybridized carbons (Fsp3) is 0.538. The van der Waals surface area contributed by atoms with Crippen molar-refractivity contribution in [3.63, 3.8) is 0 Å². The van der Waals surface area contributed by atoms with Gasteiger partial charge in [-0.25, -0.2) is 0 Å². The third-order valence-electron chi connectivity index (χ3n) is 3.49. The Morgan fingerprint density at radius 3 is 2.89 bits per heavy atom. The molecule has 4 nitrogen and oxygen atoms in total. The maximum Gasteiger partial charge on any atom is 0.240 e. The van der Waals surface area contributed by atoms with Gasteiger partial charge in [-0.05, 0) is 35.2 Å². The summed E-state index contributed by atoms with van der Waals surface area (Å²) in [6.45, 7) is 0.166. The summed E-state index contributed by atoms with van der Waals surface area (Å²) in [4.78, 5) is 12.0. The Balaban J connectivity index is 1.90. The zero-order valence-corrected chi connectivity index (χ0v) is 10.9. The van der Waals surface area contributed by atoms with Crippen LogP contribution in [0, 0.1) is 16.7 Å². The first-order valence-corrected chi connectivity index (χ1v) is 7.02. The Bertz CT molecular complexity index is 444. The number of nitrogens with zero attached hydrogens (tertiary/aromatic N) is 1. The van der Waals surface area contributed by atoms with E-state index in [-0.39, 0.29) is 12.5 Å². The quantitative estimate of drug-likeness (QED) is 0.873. The molecule has 1 aromatic heterocycles. The number of hydrogen-bond acceptors (Lipinski definition) is 4. The molecule has 1 heterocycles. The molecule has 1 aliphatic rings. The van der Waals surface area contributed by atoms with Gasteiger partial charge in [0.05, 0.1) is 12.2 Å². The van der Waals surface area contributed by atoms with Crippen molar-refractivity contribution in [1.82, 2.24) is 5.32 Å². The number of thiophene rings is 1. The van der Waals surface area contributed by atoms with E-state index in [0.717, 1.165) is 18.4 Å². The van der Waals surface area contributed by atoms with Crippen molar-refractivity contribution in [2.24, 2.45) is 5.41 Å². The van der Waals surface area contributed by atoms with Crippen molar-refractivity contribution in [1.29, 1.82) is 5.26 Å². The van der Waals surface area contributed by atoms with Gasteiger partial charge in [0.25, 0.3) is 0 Å². The summed E-state index contributed by atoms with van der Waals surface area (Å²) in [5.74, 6) is -0.239. The first kappa shape index (κ1) is 13.1. The van der Waals surface area contributed by atoms with Crippen LogP contribution in [0.2, 0.25) is 0 Å². The van der Waals surface area contributed by atoms with Crippen LogP contribution in [-0.4, -0.2) is 17.6 Å². The van der Waals surface area contributed by atoms with Crippen LogP contribution in [0.4, 0.5) is 0 Å². The number of rotatable bonds is 4. The lowest BCUT2D eigenvalue weighted by Gasteiger charge is -2.20. The van der Waals surface area contributed by atoms with E-state index in [4.69, 9.17) is 5.26 Å². The second-order valence-electron chi connectivity index (χ2n) is 4.68. The van der Waals surface area contributed by atoms with Crippen LogP contribution in [-0.2, 0) is 4.79 Å². The van der Waals surface area contributed by atoms with Crippen LogP contribution >= 0.6 is 11.3 Å². The maximum absolute atomic E-state index is 12.0. The number of carbonyl (C=O) groups excluding carboxylic acids is 1. The van der Waals surface area contributed by atoms with E-state index in [2.05, 4.69) is 11.4 Å². The van der Waals surface area contributed by atoms with E-state index in [1.807, 2.05) is 16.8 Å². The fourth-order valence-corrected chi connectivity index (χ4v) is 3.02. The van der Waals surface area contributed by atoms with Crippen molar-refractivity contribution < 1.29 is 9.90 Å². The van der Waals surface area contributed by atoms with Gasteiger partial charge < -0.3 is 10.4 Å². The topological polar surface area (TPSA) is 73.1 Å². The Labute approximate surface area is 110 Å². The molecule has 96 valence electrons. The van der Waals surface area contributed by atoms with E-state index in [1.54, 1.807) is 0 Å². The molecule has 0 aromatic carbocycles. The first-order chi connectivity index (χ1) is 8.68. The second kappa shape index (κ2) is 5.51. The molecule has 2 N–H and O–H groups in total. The number of aliphatic hydroxyl groups excluding tert-OH is 1. The third kappa shape index (κ3) is 2.55. The second-order valence-corrected chi connectivity index (χ2v) is 5.46. The number of amides is 1. The van der Waals surface area contributed by atoms with Gasteiger partial charge in [0.15, 0.2) is 0 Å². The number of hydrogen-bond donors (Lipinski definition) is 2. The SMILES string of the molecule is N#CC1(C(=O)NCC(O)c2ccsc2)CCCC1. The van der Waals surface area contributed by atoms with Gasteiger partial charge >= 0.3 is 0 Å². The molecular formula is C13H16N2O2S. The highest BCUT2D eigenvalue weighted by Gasteiger charge is 2.41. The van der Waals surface area contributed by atoms with E-state index < -0.39 is 11.5 Å². The zero-order chi connectivity index (χ0) is 13.0. The number of nitrogens with one attached hydrogen (secondary N) is 1. The third-order valence-corrected chi connectivity index (χ3v) is 4.19. The highest BCUT2D eigenvalue weighted by Crippen LogP contribution is 2.37. The fourth-order valence-electron chi connectivity index (χ4n) is 2.31. The van der Waals surface area contributed by atoms with Crippen molar-refractivity contribution in [2.45, 2.75) is 31.8 Å². The minimum Gasteiger partial charge on any atom is -0.387 e. The average molecular weight is 264 g/mol. The minimum absolute atomic E-state index is 0.166. The molecule has 1 amide bonds. The highest BCUT2D eigenvalue weighted by molar-refractivity contribution is 7.07. The highest BCUT2D eigenvalue weighted by atomic mass is 32.1. The number of carbonyl (C=O) groups is 1. The molecule has 1 unspecified atom stereocenters. The van der Waals surface area contributed by atoms with Crippen molar-refractivity contribution in [3.05, 3.63) is 22.4 Å². The van der Waals surface area contributed by atoms with Gasteiger partial charge in [-0.2, -0.15) is 16.6 Å². The molecule has 2 rings (SSSR count). The molecule has 0 bridgehead atoms. The number of aliphatic hydroxyl groups is 1. The Morgan fingerprint density at radius 2 is 2.33 bits per heavy atom. The average Bonchev–Trinajstić information content (AvgIpc) is 3.06. The standard InChI is InChI=1S/C13H16N2O2S/c14-9-13(4-1-2-5-13)12(17)15-7-11(16)10-3-6-18-8-10/h3,6,8,11,16H,1-2,4-5,7H2,(H,15,17). The summed E-state index contributed by atoms with van der Waals surface area (Å²) in [7, 11) is 0. The Hall–Kier alpha value is -1.38. The summed E-state index contributed by atoms with van der Waals surface area (Å²) in [5.41, 5.74) is -0.0632. The summed E-state index contributed by atoms with van der Waals surface area (Å²) in [6, 6.07) is 3.97. The molecule has 0 spiro atoms. The predicted octanol–water partition coefficient (Wildman–Crippen LogP) is 1.98. The summed E-state index contributed by atoms with van der Waals surface area (Å²) in [6.07, 6.45) is 2.41. The predicted molar refractivity (Wildman–Crippen MR) is 68.8 cm³/mol. The molecule has 1 fully saturated rings. The summed E-state index contributed by atoms with van der Waals surface area (Å²) >= 11 is 1.51. The van der Waals surface area contributed by atoms with E-state index in [0.29, 0.717) is 12.8 Å². The zero-order valence-electron chi connectivity index (χ0n) is 10.1. The van der Waals surface area contributed by atoms with Crippen molar-refractivity contribution >= 4 is 17.2 Å². The Kier molecular flexibility index (Phi) is 4.00. The van der Waals surface area contributed by atoms with Crippen LogP contribution in [0.15, 0.2) is 16.8 Å². The number of nitriles is 1. The normalized spacial score (nSPS) is 19.1. The molecule has 18 heavy (non-hydrogen) atoms. The summed E-state index contributed by atoms with van der Waals surface area (Å²) < 4.78 is 0. The van der Waals surface area contributed by atoms with Crippen LogP contribution in [0.25, 0.3) is 0 Å². The van der Waals surface area contributed by atoms with Gasteiger partial charge in [0, 0.05) is 6.54 Å². The monoisotopic (exact) mass is 264 g/mol. The lowest BCUT2D eigenvalue weighted by molar-refractivity contribution is -0.128. The first-order valence-electron chi connectivity index (χ1n) is 6.08. The molecule has 5 heteroatoms. The molecule has 1 atom stereocenters. The van der Waals surface area contributed by atoms with Gasteiger partial charge in [-0.15, -0.1) is 0 Å². The van der Waals surface area contributed by atoms with Crippen molar-refractivity contribution in [3.8, 4) is 6.07 Å². The smallest absolute Gasteiger partial charge is 0.240 e. The Morgan fingerprint density at radius 1 is 1.61 bits per heavy atom. The molecule has 1 saturated carbocycles. The molecule has 0 aliphatic heterocycles. The minimum atomic E-state index is -0.867. The largest absolute Gasteiger partial charge is 0.387 e.